The average molecular weight is 653 g/mol. The van der Waals surface area contributed by atoms with Crippen LogP contribution in [0.3, 0.4) is 0 Å². The van der Waals surface area contributed by atoms with Crippen LogP contribution >= 0.6 is 0 Å². The van der Waals surface area contributed by atoms with Crippen molar-refractivity contribution >= 4 is 35.9 Å². The number of hydrogen-bond acceptors (Lipinski definition) is 10. The molecule has 0 saturated heterocycles. The van der Waals surface area contributed by atoms with Crippen molar-refractivity contribution in [1.82, 2.24) is 20.6 Å². The molecule has 1 aromatic heterocycles. The molecule has 0 fully saturated rings. The normalized spacial score (nSPS) is 11.1. The van der Waals surface area contributed by atoms with Gasteiger partial charge in [0.05, 0.1) is 32.1 Å². The van der Waals surface area contributed by atoms with Crippen LogP contribution in [0, 0.1) is 0 Å². The molecule has 2 amide bonds. The number of alkyl halides is 3. The lowest BCUT2D eigenvalue weighted by molar-refractivity contribution is -0.274. The Bertz CT molecular complexity index is 1630. The maximum atomic E-state index is 12.7. The molecule has 4 rings (SSSR count). The molecule has 0 unspecified atom stereocenters. The van der Waals surface area contributed by atoms with Gasteiger partial charge in [-0.25, -0.2) is 9.97 Å². The lowest BCUT2D eigenvalue weighted by Gasteiger charge is -2.11. The van der Waals surface area contributed by atoms with E-state index in [9.17, 15) is 32.8 Å². The van der Waals surface area contributed by atoms with E-state index in [1.54, 1.807) is 42.5 Å². The highest BCUT2D eigenvalue weighted by Crippen LogP contribution is 2.26. The Labute approximate surface area is 268 Å². The number of carbonyl (C=O) groups excluding carboxylic acids is 2. The molecule has 0 atom stereocenters. The van der Waals surface area contributed by atoms with E-state index in [4.69, 9.17) is 9.47 Å². The van der Waals surface area contributed by atoms with Crippen LogP contribution < -0.4 is 26.2 Å². The molecule has 0 bridgehead atoms. The average Bonchev–Trinajstić information content (AvgIpc) is 3.06. The van der Waals surface area contributed by atoms with E-state index in [2.05, 4.69) is 30.7 Å². The lowest BCUT2D eigenvalue weighted by Crippen LogP contribution is -2.32. The van der Waals surface area contributed by atoms with Gasteiger partial charge in [0, 0.05) is 41.5 Å². The number of rotatable bonds is 16. The van der Waals surface area contributed by atoms with Crippen molar-refractivity contribution < 1.29 is 47.0 Å². The summed E-state index contributed by atoms with van der Waals surface area (Å²) in [5.74, 6) is -0.622. The maximum absolute atomic E-state index is 12.7. The molecule has 16 heteroatoms. The van der Waals surface area contributed by atoms with Crippen LogP contribution in [0.15, 0.2) is 85.2 Å². The molecule has 1 heterocycles. The molecule has 0 aliphatic rings. The van der Waals surface area contributed by atoms with Crippen molar-refractivity contribution in [2.45, 2.75) is 6.36 Å². The summed E-state index contributed by atoms with van der Waals surface area (Å²) in [5.41, 5.74) is 2.59. The van der Waals surface area contributed by atoms with Crippen molar-refractivity contribution in [2.24, 2.45) is 0 Å². The first-order valence-electron chi connectivity index (χ1n) is 14.3. The summed E-state index contributed by atoms with van der Waals surface area (Å²) in [4.78, 5) is 33.3. The number of benzene rings is 3. The Morgan fingerprint density at radius 3 is 2.00 bits per heavy atom. The van der Waals surface area contributed by atoms with E-state index in [0.717, 1.165) is 0 Å². The Morgan fingerprint density at radius 2 is 1.38 bits per heavy atom. The third-order valence-corrected chi connectivity index (χ3v) is 6.33. The van der Waals surface area contributed by atoms with Gasteiger partial charge in [-0.05, 0) is 54.0 Å². The first-order chi connectivity index (χ1) is 22.6. The van der Waals surface area contributed by atoms with Crippen LogP contribution in [0.25, 0.3) is 11.3 Å². The van der Waals surface area contributed by atoms with Gasteiger partial charge in [0.15, 0.2) is 0 Å². The number of carbonyl (C=O) groups is 2. The number of halogens is 3. The zero-order chi connectivity index (χ0) is 33.6. The molecule has 246 valence electrons. The molecule has 0 spiro atoms. The van der Waals surface area contributed by atoms with Crippen molar-refractivity contribution in [3.63, 3.8) is 0 Å². The van der Waals surface area contributed by atoms with E-state index in [1.807, 2.05) is 0 Å². The quantitative estimate of drug-likeness (QED) is 0.0898. The predicted octanol–water partition coefficient (Wildman–Crippen LogP) is 2.66. The van der Waals surface area contributed by atoms with E-state index in [1.165, 1.54) is 42.7 Å². The number of aromatic nitrogens is 2. The standard InChI is InChI=1S/C31H31BF3N5O7/c33-31(34,35)47-26-9-7-25(8-10-26)40-28-19-27(38-20-39-28)21-3-1-4-22(17-21)29(41)36-11-13-45-15-16-46-14-12-37-30(42)23-5-2-6-24(18-23)32(43)44/h1-10,17-20,43-44H,11-16H2,(H,36,41)(H,37,42)(H,38,39,40). The molecule has 5 N–H and O–H groups in total. The summed E-state index contributed by atoms with van der Waals surface area (Å²) in [6.07, 6.45) is -3.45. The third-order valence-electron chi connectivity index (χ3n) is 6.33. The topological polar surface area (TPSA) is 164 Å². The van der Waals surface area contributed by atoms with Gasteiger partial charge >= 0.3 is 13.5 Å². The second-order valence-electron chi connectivity index (χ2n) is 9.80. The van der Waals surface area contributed by atoms with Crippen LogP contribution in [0.2, 0.25) is 0 Å². The van der Waals surface area contributed by atoms with Crippen LogP contribution in [0.1, 0.15) is 20.7 Å². The van der Waals surface area contributed by atoms with E-state index in [-0.39, 0.29) is 62.5 Å². The number of anilines is 2. The van der Waals surface area contributed by atoms with Crippen molar-refractivity contribution in [3.8, 4) is 17.0 Å². The first kappa shape index (κ1) is 34.8. The van der Waals surface area contributed by atoms with E-state index < -0.39 is 13.5 Å². The number of nitrogens with zero attached hydrogens (tertiary/aromatic N) is 2. The van der Waals surface area contributed by atoms with Crippen molar-refractivity contribution in [1.29, 1.82) is 0 Å². The molecule has 0 aliphatic heterocycles. The van der Waals surface area contributed by atoms with Gasteiger partial charge in [-0.2, -0.15) is 0 Å². The van der Waals surface area contributed by atoms with Crippen molar-refractivity contribution in [3.05, 3.63) is 96.3 Å². The Hall–Kier alpha value is -5.03. The SMILES string of the molecule is O=C(NCCOCCOCCNC(=O)c1cccc(-c2cc(Nc3ccc(OC(F)(F)F)cc3)ncn2)c1)c1cccc(B(O)O)c1. The fourth-order valence-corrected chi connectivity index (χ4v) is 4.13. The second kappa shape index (κ2) is 17.0. The number of ether oxygens (including phenoxy) is 3. The molecule has 0 saturated carbocycles. The fraction of sp³-hybridized carbons (Fsp3) is 0.226. The summed E-state index contributed by atoms with van der Waals surface area (Å²) < 4.78 is 52.0. The number of amides is 2. The summed E-state index contributed by atoms with van der Waals surface area (Å²) in [5, 5.41) is 26.9. The molecule has 0 radical (unpaired) electrons. The molecule has 47 heavy (non-hydrogen) atoms. The predicted molar refractivity (Wildman–Crippen MR) is 166 cm³/mol. The number of nitrogens with one attached hydrogen (secondary N) is 3. The van der Waals surface area contributed by atoms with E-state index >= 15 is 0 Å². The highest BCUT2D eigenvalue weighted by atomic mass is 19.4. The summed E-state index contributed by atoms with van der Waals surface area (Å²) in [6.45, 7) is 1.59. The molecule has 12 nitrogen and oxygen atoms in total. The molecule has 4 aromatic rings. The summed E-state index contributed by atoms with van der Waals surface area (Å²) >= 11 is 0. The van der Waals surface area contributed by atoms with Crippen LogP contribution in [-0.2, 0) is 9.47 Å². The number of hydrogen-bond donors (Lipinski definition) is 5. The molecule has 0 aliphatic carbocycles. The second-order valence-corrected chi connectivity index (χ2v) is 9.80. The highest BCUT2D eigenvalue weighted by Gasteiger charge is 2.31. The minimum Gasteiger partial charge on any atom is -0.423 e. The zero-order valence-electron chi connectivity index (χ0n) is 24.9. The molecule has 3 aromatic carbocycles. The summed E-state index contributed by atoms with van der Waals surface area (Å²) in [6, 6.07) is 19.7. The Balaban J connectivity index is 1.14. The Kier molecular flexibility index (Phi) is 12.6. The minimum atomic E-state index is -4.78. The Morgan fingerprint density at radius 1 is 0.766 bits per heavy atom. The summed E-state index contributed by atoms with van der Waals surface area (Å²) in [7, 11) is -1.66. The lowest BCUT2D eigenvalue weighted by atomic mass is 9.79. The zero-order valence-corrected chi connectivity index (χ0v) is 24.9. The van der Waals surface area contributed by atoms with E-state index in [0.29, 0.717) is 33.9 Å². The fourth-order valence-electron chi connectivity index (χ4n) is 4.13. The molecular formula is C31H31BF3N5O7. The van der Waals surface area contributed by atoms with Gasteiger partial charge < -0.3 is 40.2 Å². The van der Waals surface area contributed by atoms with Crippen LogP contribution in [-0.4, -0.2) is 84.8 Å². The van der Waals surface area contributed by atoms with Gasteiger partial charge in [0.2, 0.25) is 0 Å². The minimum absolute atomic E-state index is 0.220. The van der Waals surface area contributed by atoms with Gasteiger partial charge in [0.25, 0.3) is 11.8 Å². The van der Waals surface area contributed by atoms with Gasteiger partial charge in [-0.3, -0.25) is 9.59 Å². The van der Waals surface area contributed by atoms with Gasteiger partial charge in [-0.15, -0.1) is 13.2 Å². The smallest absolute Gasteiger partial charge is 0.423 e. The molecular weight excluding hydrogens is 622 g/mol. The highest BCUT2D eigenvalue weighted by molar-refractivity contribution is 6.58. The largest absolute Gasteiger partial charge is 0.573 e. The van der Waals surface area contributed by atoms with Crippen LogP contribution in [0.5, 0.6) is 5.75 Å². The first-order valence-corrected chi connectivity index (χ1v) is 14.3. The van der Waals surface area contributed by atoms with Gasteiger partial charge in [-0.1, -0.05) is 24.3 Å². The third kappa shape index (κ3) is 11.7. The maximum Gasteiger partial charge on any atom is 0.573 e. The monoisotopic (exact) mass is 653 g/mol. The van der Waals surface area contributed by atoms with Gasteiger partial charge in [0.1, 0.15) is 17.9 Å². The van der Waals surface area contributed by atoms with Crippen molar-refractivity contribution in [2.75, 3.05) is 44.8 Å². The van der Waals surface area contributed by atoms with Crippen LogP contribution in [0.4, 0.5) is 24.7 Å².